The molecule has 1 aromatic heterocycles. The fraction of sp³-hybridized carbons (Fsp3) is 0.500. The second kappa shape index (κ2) is 8.25. The molecule has 0 atom stereocenters. The Labute approximate surface area is 154 Å². The first kappa shape index (κ1) is 18.3. The number of nitrogens with zero attached hydrogens (tertiary/aromatic N) is 2. The number of amides is 1. The summed E-state index contributed by atoms with van der Waals surface area (Å²) < 4.78 is 12.5. The molecule has 0 saturated heterocycles. The topological polar surface area (TPSA) is 65.4 Å². The highest BCUT2D eigenvalue weighted by atomic mass is 16.5. The number of aromatic nitrogens is 2. The lowest BCUT2D eigenvalue weighted by Crippen LogP contribution is -2.37. The maximum absolute atomic E-state index is 12.8. The van der Waals surface area contributed by atoms with Crippen molar-refractivity contribution in [2.45, 2.75) is 51.6 Å². The maximum Gasteiger partial charge on any atom is 0.269 e. The second-order valence-electron chi connectivity index (χ2n) is 6.61. The van der Waals surface area contributed by atoms with E-state index in [-0.39, 0.29) is 11.9 Å². The van der Waals surface area contributed by atoms with Crippen LogP contribution in [0.25, 0.3) is 11.3 Å². The van der Waals surface area contributed by atoms with Crippen molar-refractivity contribution in [3.63, 3.8) is 0 Å². The number of ether oxygens (including phenoxy) is 2. The van der Waals surface area contributed by atoms with E-state index in [9.17, 15) is 4.79 Å². The molecule has 26 heavy (non-hydrogen) atoms. The van der Waals surface area contributed by atoms with Crippen LogP contribution >= 0.6 is 0 Å². The molecule has 1 N–H and O–H groups in total. The molecule has 140 valence electrons. The minimum atomic E-state index is -0.0509. The predicted molar refractivity (Wildman–Crippen MR) is 101 cm³/mol. The highest BCUT2D eigenvalue weighted by Crippen LogP contribution is 2.33. The lowest BCUT2D eigenvalue weighted by atomic mass is 9.95. The van der Waals surface area contributed by atoms with E-state index in [0.717, 1.165) is 29.8 Å². The molecule has 1 fully saturated rings. The summed E-state index contributed by atoms with van der Waals surface area (Å²) in [7, 11) is 3.24. The van der Waals surface area contributed by atoms with Crippen molar-refractivity contribution in [2.75, 3.05) is 14.2 Å². The van der Waals surface area contributed by atoms with Gasteiger partial charge in [0.1, 0.15) is 17.2 Å². The van der Waals surface area contributed by atoms with Gasteiger partial charge in [-0.2, -0.15) is 5.10 Å². The van der Waals surface area contributed by atoms with Gasteiger partial charge in [0.25, 0.3) is 5.91 Å². The third-order valence-corrected chi connectivity index (χ3v) is 4.94. The molecule has 1 aliphatic rings. The normalized spacial score (nSPS) is 14.9. The summed E-state index contributed by atoms with van der Waals surface area (Å²) >= 11 is 0. The second-order valence-corrected chi connectivity index (χ2v) is 6.61. The molecule has 2 aromatic rings. The number of carbonyl (C=O) groups is 1. The lowest BCUT2D eigenvalue weighted by molar-refractivity contribution is 0.0917. The summed E-state index contributed by atoms with van der Waals surface area (Å²) in [5.74, 6) is 1.34. The Morgan fingerprint density at radius 3 is 2.62 bits per heavy atom. The maximum atomic E-state index is 12.8. The summed E-state index contributed by atoms with van der Waals surface area (Å²) in [4.78, 5) is 12.8. The highest BCUT2D eigenvalue weighted by Gasteiger charge is 2.21. The van der Waals surface area contributed by atoms with Gasteiger partial charge in [-0.05, 0) is 38.0 Å². The number of benzene rings is 1. The molecule has 0 spiro atoms. The summed E-state index contributed by atoms with van der Waals surface area (Å²) in [6, 6.07) is 7.71. The molecule has 1 aliphatic carbocycles. The predicted octanol–water partition coefficient (Wildman–Crippen LogP) is 3.65. The average molecular weight is 357 g/mol. The van der Waals surface area contributed by atoms with Crippen LogP contribution in [0.2, 0.25) is 0 Å². The van der Waals surface area contributed by atoms with E-state index in [1.54, 1.807) is 18.9 Å². The molecule has 1 heterocycles. The van der Waals surface area contributed by atoms with Crippen LogP contribution in [0.5, 0.6) is 11.5 Å². The Hall–Kier alpha value is -2.50. The van der Waals surface area contributed by atoms with E-state index in [1.807, 2.05) is 31.2 Å². The quantitative estimate of drug-likeness (QED) is 0.857. The van der Waals surface area contributed by atoms with Gasteiger partial charge in [0.15, 0.2) is 0 Å². The van der Waals surface area contributed by atoms with Crippen molar-refractivity contribution in [1.82, 2.24) is 15.1 Å². The Balaban J connectivity index is 1.87. The van der Waals surface area contributed by atoms with Crippen molar-refractivity contribution in [2.24, 2.45) is 0 Å². The summed E-state index contributed by atoms with van der Waals surface area (Å²) in [5, 5.41) is 7.78. The average Bonchev–Trinajstić information content (AvgIpc) is 3.12. The van der Waals surface area contributed by atoms with Crippen LogP contribution in [0.4, 0.5) is 0 Å². The van der Waals surface area contributed by atoms with Crippen LogP contribution in [0, 0.1) is 0 Å². The summed E-state index contributed by atoms with van der Waals surface area (Å²) in [5.41, 5.74) is 2.15. The van der Waals surface area contributed by atoms with E-state index in [1.165, 1.54) is 19.3 Å². The van der Waals surface area contributed by atoms with Crippen LogP contribution in [-0.4, -0.2) is 35.9 Å². The van der Waals surface area contributed by atoms with Gasteiger partial charge in [-0.1, -0.05) is 19.3 Å². The summed E-state index contributed by atoms with van der Waals surface area (Å²) in [6.45, 7) is 2.62. The van der Waals surface area contributed by atoms with Crippen LogP contribution < -0.4 is 14.8 Å². The fourth-order valence-electron chi connectivity index (χ4n) is 3.49. The first-order chi connectivity index (χ1) is 12.7. The molecule has 0 aliphatic heterocycles. The number of methoxy groups -OCH3 is 2. The third-order valence-electron chi connectivity index (χ3n) is 4.94. The monoisotopic (exact) mass is 357 g/mol. The number of hydrogen-bond acceptors (Lipinski definition) is 4. The molecule has 6 nitrogen and oxygen atoms in total. The number of nitrogens with one attached hydrogen (secondary N) is 1. The van der Waals surface area contributed by atoms with Gasteiger partial charge in [0.2, 0.25) is 0 Å². The van der Waals surface area contributed by atoms with E-state index < -0.39 is 0 Å². The molecule has 0 bridgehead atoms. The number of rotatable bonds is 6. The largest absolute Gasteiger partial charge is 0.497 e. The molecule has 1 aromatic carbocycles. The van der Waals surface area contributed by atoms with Crippen molar-refractivity contribution in [3.05, 3.63) is 30.0 Å². The van der Waals surface area contributed by atoms with E-state index in [4.69, 9.17) is 9.47 Å². The molecule has 1 amide bonds. The highest BCUT2D eigenvalue weighted by molar-refractivity contribution is 5.94. The van der Waals surface area contributed by atoms with E-state index in [2.05, 4.69) is 10.4 Å². The van der Waals surface area contributed by atoms with Crippen LogP contribution in [0.15, 0.2) is 24.3 Å². The standard InChI is InChI=1S/C20H27N3O3/c1-4-23-18(20(24)21-14-8-6-5-7-9-14)13-17(22-23)16-11-10-15(25-2)12-19(16)26-3/h10-14H,4-9H2,1-3H3,(H,21,24). The molecule has 6 heteroatoms. The van der Waals surface area contributed by atoms with Gasteiger partial charge in [-0.15, -0.1) is 0 Å². The Kier molecular flexibility index (Phi) is 5.81. The van der Waals surface area contributed by atoms with Crippen molar-refractivity contribution in [1.29, 1.82) is 0 Å². The SMILES string of the molecule is CCn1nc(-c2ccc(OC)cc2OC)cc1C(=O)NC1CCCCC1. The molecule has 0 unspecified atom stereocenters. The lowest BCUT2D eigenvalue weighted by Gasteiger charge is -2.22. The zero-order valence-corrected chi connectivity index (χ0v) is 15.7. The minimum absolute atomic E-state index is 0.0509. The van der Waals surface area contributed by atoms with Gasteiger partial charge in [0.05, 0.1) is 19.9 Å². The van der Waals surface area contributed by atoms with Gasteiger partial charge in [-0.25, -0.2) is 0 Å². The van der Waals surface area contributed by atoms with Crippen molar-refractivity contribution < 1.29 is 14.3 Å². The zero-order chi connectivity index (χ0) is 18.5. The van der Waals surface area contributed by atoms with Crippen molar-refractivity contribution >= 4 is 5.91 Å². The van der Waals surface area contributed by atoms with Gasteiger partial charge >= 0.3 is 0 Å². The van der Waals surface area contributed by atoms with E-state index >= 15 is 0 Å². The Morgan fingerprint density at radius 2 is 1.96 bits per heavy atom. The van der Waals surface area contributed by atoms with Crippen molar-refractivity contribution in [3.8, 4) is 22.8 Å². The number of aryl methyl sites for hydroxylation is 1. The number of hydrogen-bond donors (Lipinski definition) is 1. The smallest absolute Gasteiger partial charge is 0.269 e. The van der Waals surface area contributed by atoms with E-state index in [0.29, 0.717) is 18.0 Å². The van der Waals surface area contributed by atoms with Gasteiger partial charge in [0, 0.05) is 24.2 Å². The Morgan fingerprint density at radius 1 is 1.19 bits per heavy atom. The summed E-state index contributed by atoms with van der Waals surface area (Å²) in [6.07, 6.45) is 5.76. The fourth-order valence-corrected chi connectivity index (χ4v) is 3.49. The first-order valence-corrected chi connectivity index (χ1v) is 9.27. The molecule has 3 rings (SSSR count). The minimum Gasteiger partial charge on any atom is -0.497 e. The van der Waals surface area contributed by atoms with Crippen LogP contribution in [-0.2, 0) is 6.54 Å². The molecular weight excluding hydrogens is 330 g/mol. The van der Waals surface area contributed by atoms with Gasteiger partial charge < -0.3 is 14.8 Å². The first-order valence-electron chi connectivity index (χ1n) is 9.27. The zero-order valence-electron chi connectivity index (χ0n) is 15.7. The van der Waals surface area contributed by atoms with Gasteiger partial charge in [-0.3, -0.25) is 9.48 Å². The van der Waals surface area contributed by atoms with Crippen LogP contribution in [0.1, 0.15) is 49.5 Å². The number of carbonyl (C=O) groups excluding carboxylic acids is 1. The molecular formula is C20H27N3O3. The third kappa shape index (κ3) is 3.84. The van der Waals surface area contributed by atoms with Crippen LogP contribution in [0.3, 0.4) is 0 Å². The Bertz CT molecular complexity index is 764. The molecule has 0 radical (unpaired) electrons. The molecule has 1 saturated carbocycles.